The first-order valence-electron chi connectivity index (χ1n) is 7.08. The maximum atomic E-state index is 12.6. The van der Waals surface area contributed by atoms with Crippen LogP contribution in [0, 0.1) is 0 Å². The average molecular weight is 370 g/mol. The van der Waals surface area contributed by atoms with Crippen molar-refractivity contribution in [3.63, 3.8) is 0 Å². The third-order valence-electron chi connectivity index (χ3n) is 3.14. The fraction of sp³-hybridized carbons (Fsp3) is 0.294. The van der Waals surface area contributed by atoms with E-state index >= 15 is 0 Å². The molecule has 0 atom stereocenters. The molecule has 6 heteroatoms. The molecule has 0 aliphatic rings. The molecule has 0 amide bonds. The van der Waals surface area contributed by atoms with Gasteiger partial charge in [-0.3, -0.25) is 9.78 Å². The van der Waals surface area contributed by atoms with Crippen molar-refractivity contribution >= 4 is 40.7 Å². The number of hydrogen-bond acceptors (Lipinski definition) is 4. The minimum Gasteiger partial charge on any atom is -0.490 e. The summed E-state index contributed by atoms with van der Waals surface area (Å²) in [5.74, 6) is 0.645. The van der Waals surface area contributed by atoms with Crippen LogP contribution < -0.4 is 4.74 Å². The summed E-state index contributed by atoms with van der Waals surface area (Å²) in [5, 5.41) is 0.787. The van der Waals surface area contributed by atoms with E-state index in [1.807, 2.05) is 26.2 Å². The molecule has 0 aliphatic carbocycles. The Labute approximate surface area is 150 Å². The molecule has 0 radical (unpaired) electrons. The van der Waals surface area contributed by atoms with Gasteiger partial charge in [0.2, 0.25) is 0 Å². The molecule has 3 nitrogen and oxygen atoms in total. The number of rotatable bonds is 6. The molecule has 0 fully saturated rings. The van der Waals surface area contributed by atoms with Crippen LogP contribution in [0.5, 0.6) is 5.75 Å². The maximum absolute atomic E-state index is 12.6. The number of halogens is 2. The molecule has 0 saturated heterocycles. The molecule has 2 rings (SSSR count). The standard InChI is InChI=1S/C17H17Cl2NO2S/c1-10(2)22-16-6-11(4-5-17(16)23-3)15(21)7-12-13(18)8-20-9-14(12)19/h4-6,8-10H,7H2,1-3H3. The van der Waals surface area contributed by atoms with Crippen LogP contribution in [0.15, 0.2) is 35.5 Å². The summed E-state index contributed by atoms with van der Waals surface area (Å²) in [5.41, 5.74) is 1.16. The molecule has 122 valence electrons. The normalized spacial score (nSPS) is 10.9. The largest absolute Gasteiger partial charge is 0.490 e. The first kappa shape index (κ1) is 18.1. The molecule has 0 bridgehead atoms. The predicted molar refractivity (Wildman–Crippen MR) is 96.3 cm³/mol. The van der Waals surface area contributed by atoms with Crippen molar-refractivity contribution in [2.45, 2.75) is 31.3 Å². The van der Waals surface area contributed by atoms with Gasteiger partial charge in [0.1, 0.15) is 5.75 Å². The van der Waals surface area contributed by atoms with Crippen LogP contribution in [0.3, 0.4) is 0 Å². The maximum Gasteiger partial charge on any atom is 0.167 e. The van der Waals surface area contributed by atoms with Crippen molar-refractivity contribution < 1.29 is 9.53 Å². The summed E-state index contributed by atoms with van der Waals surface area (Å²) in [6.45, 7) is 3.91. The Kier molecular flexibility index (Phi) is 6.33. The van der Waals surface area contributed by atoms with E-state index < -0.39 is 0 Å². The molecule has 0 aliphatic heterocycles. The Morgan fingerprint density at radius 2 is 1.91 bits per heavy atom. The highest BCUT2D eigenvalue weighted by atomic mass is 35.5. The Bertz CT molecular complexity index is 699. The topological polar surface area (TPSA) is 39.2 Å². The molecular formula is C17H17Cl2NO2S. The van der Waals surface area contributed by atoms with Crippen molar-refractivity contribution in [2.24, 2.45) is 0 Å². The highest BCUT2D eigenvalue weighted by Crippen LogP contribution is 2.31. The highest BCUT2D eigenvalue weighted by Gasteiger charge is 2.15. The smallest absolute Gasteiger partial charge is 0.167 e. The number of nitrogens with zero attached hydrogens (tertiary/aromatic N) is 1. The van der Waals surface area contributed by atoms with Crippen LogP contribution in [0.25, 0.3) is 0 Å². The second-order valence-corrected chi connectivity index (χ2v) is 6.88. The molecule has 2 aromatic rings. The Balaban J connectivity index is 2.29. The summed E-state index contributed by atoms with van der Waals surface area (Å²) >= 11 is 13.7. The number of carbonyl (C=O) groups is 1. The van der Waals surface area contributed by atoms with E-state index in [1.165, 1.54) is 12.4 Å². The van der Waals surface area contributed by atoms with E-state index in [0.29, 0.717) is 26.9 Å². The van der Waals surface area contributed by atoms with Gasteiger partial charge in [0.05, 0.1) is 16.1 Å². The third-order valence-corrected chi connectivity index (χ3v) is 4.57. The number of benzene rings is 1. The van der Waals surface area contributed by atoms with E-state index in [4.69, 9.17) is 27.9 Å². The SMILES string of the molecule is CSc1ccc(C(=O)Cc2c(Cl)cncc2Cl)cc1OC(C)C. The minimum atomic E-state index is -0.0683. The number of thioether (sulfide) groups is 1. The lowest BCUT2D eigenvalue weighted by Crippen LogP contribution is -2.09. The van der Waals surface area contributed by atoms with Gasteiger partial charge in [-0.2, -0.15) is 0 Å². The van der Waals surface area contributed by atoms with Gasteiger partial charge in [-0.15, -0.1) is 11.8 Å². The molecule has 0 spiro atoms. The van der Waals surface area contributed by atoms with E-state index in [2.05, 4.69) is 4.98 Å². The van der Waals surface area contributed by atoms with Gasteiger partial charge in [-0.25, -0.2) is 0 Å². The van der Waals surface area contributed by atoms with E-state index in [0.717, 1.165) is 4.90 Å². The van der Waals surface area contributed by atoms with E-state index in [1.54, 1.807) is 23.9 Å². The zero-order valence-corrected chi connectivity index (χ0v) is 15.4. The Hall–Kier alpha value is -1.23. The van der Waals surface area contributed by atoms with Crippen LogP contribution in [0.4, 0.5) is 0 Å². The molecule has 1 aromatic carbocycles. The molecule has 0 N–H and O–H groups in total. The van der Waals surface area contributed by atoms with Crippen LogP contribution >= 0.6 is 35.0 Å². The van der Waals surface area contributed by atoms with Gasteiger partial charge in [-0.1, -0.05) is 29.3 Å². The number of Topliss-reactive ketones (excluding diaryl/α,β-unsaturated/α-hetero) is 1. The first-order valence-corrected chi connectivity index (χ1v) is 9.06. The second kappa shape index (κ2) is 8.04. The van der Waals surface area contributed by atoms with Gasteiger partial charge in [-0.05, 0) is 32.2 Å². The summed E-state index contributed by atoms with van der Waals surface area (Å²) in [6, 6.07) is 5.47. The zero-order chi connectivity index (χ0) is 17.0. The third kappa shape index (κ3) is 4.63. The van der Waals surface area contributed by atoms with Crippen LogP contribution in [0.2, 0.25) is 10.0 Å². The Morgan fingerprint density at radius 1 is 1.26 bits per heavy atom. The number of ether oxygens (including phenoxy) is 1. The zero-order valence-electron chi connectivity index (χ0n) is 13.1. The quantitative estimate of drug-likeness (QED) is 0.509. The summed E-state index contributed by atoms with van der Waals surface area (Å²) in [4.78, 5) is 17.4. The van der Waals surface area contributed by atoms with Crippen LogP contribution in [-0.4, -0.2) is 23.1 Å². The number of carbonyl (C=O) groups excluding carboxylic acids is 1. The lowest BCUT2D eigenvalue weighted by molar-refractivity contribution is 0.0992. The number of ketones is 1. The fourth-order valence-corrected chi connectivity index (χ4v) is 3.08. The van der Waals surface area contributed by atoms with Crippen LogP contribution in [0.1, 0.15) is 29.8 Å². The summed E-state index contributed by atoms with van der Waals surface area (Å²) < 4.78 is 5.79. The second-order valence-electron chi connectivity index (χ2n) is 5.21. The van der Waals surface area contributed by atoms with Gasteiger partial charge in [0, 0.05) is 34.8 Å². The van der Waals surface area contributed by atoms with Gasteiger partial charge in [0.15, 0.2) is 5.78 Å². The summed E-state index contributed by atoms with van der Waals surface area (Å²) in [6.07, 6.45) is 5.11. The molecule has 23 heavy (non-hydrogen) atoms. The number of hydrogen-bond donors (Lipinski definition) is 0. The number of aromatic nitrogens is 1. The molecule has 0 unspecified atom stereocenters. The minimum absolute atomic E-state index is 0.0374. The van der Waals surface area contributed by atoms with Gasteiger partial charge >= 0.3 is 0 Å². The van der Waals surface area contributed by atoms with Crippen molar-refractivity contribution in [2.75, 3.05) is 6.26 Å². The van der Waals surface area contributed by atoms with Gasteiger partial charge in [0.25, 0.3) is 0 Å². The van der Waals surface area contributed by atoms with Crippen molar-refractivity contribution in [1.29, 1.82) is 0 Å². The van der Waals surface area contributed by atoms with Crippen molar-refractivity contribution in [3.8, 4) is 5.75 Å². The van der Waals surface area contributed by atoms with Crippen LogP contribution in [-0.2, 0) is 6.42 Å². The predicted octanol–water partition coefficient (Wildman–Crippen LogP) is 5.32. The average Bonchev–Trinajstić information content (AvgIpc) is 2.50. The lowest BCUT2D eigenvalue weighted by atomic mass is 10.0. The van der Waals surface area contributed by atoms with Crippen molar-refractivity contribution in [3.05, 3.63) is 51.8 Å². The fourth-order valence-electron chi connectivity index (χ4n) is 2.07. The number of pyridine rings is 1. The van der Waals surface area contributed by atoms with Gasteiger partial charge < -0.3 is 4.74 Å². The molecule has 0 saturated carbocycles. The highest BCUT2D eigenvalue weighted by molar-refractivity contribution is 7.98. The van der Waals surface area contributed by atoms with E-state index in [-0.39, 0.29) is 18.3 Å². The molecule has 1 aromatic heterocycles. The summed E-state index contributed by atoms with van der Waals surface area (Å²) in [7, 11) is 0. The van der Waals surface area contributed by atoms with Crippen molar-refractivity contribution in [1.82, 2.24) is 4.98 Å². The lowest BCUT2D eigenvalue weighted by Gasteiger charge is -2.14. The monoisotopic (exact) mass is 369 g/mol. The Morgan fingerprint density at radius 3 is 2.48 bits per heavy atom. The first-order chi connectivity index (χ1) is 10.9. The molecular weight excluding hydrogens is 353 g/mol. The molecule has 1 heterocycles. The van der Waals surface area contributed by atoms with E-state index in [9.17, 15) is 4.79 Å².